The first kappa shape index (κ1) is 19.9. The van der Waals surface area contributed by atoms with E-state index < -0.39 is 0 Å². The van der Waals surface area contributed by atoms with Crippen LogP contribution in [0, 0.1) is 11.7 Å². The molecule has 0 unspecified atom stereocenters. The minimum atomic E-state index is -0.356. The molecule has 3 aromatic heterocycles. The Bertz CT molecular complexity index is 1310. The Morgan fingerprint density at radius 2 is 1.81 bits per heavy atom. The third kappa shape index (κ3) is 3.82. The lowest BCUT2D eigenvalue weighted by Crippen LogP contribution is -2.26. The molecule has 1 aliphatic carbocycles. The minimum absolute atomic E-state index is 0.00785. The molecule has 0 aliphatic heterocycles. The van der Waals surface area contributed by atoms with E-state index in [1.807, 2.05) is 10.5 Å². The van der Waals surface area contributed by atoms with Crippen molar-refractivity contribution in [3.63, 3.8) is 0 Å². The summed E-state index contributed by atoms with van der Waals surface area (Å²) in [6.07, 6.45) is 6.98. The molecule has 8 heteroatoms. The molecule has 1 aliphatic rings. The highest BCUT2D eigenvalue weighted by molar-refractivity contribution is 6.05. The normalized spacial score (nSPS) is 13.2. The van der Waals surface area contributed by atoms with Crippen molar-refractivity contribution >= 4 is 29.0 Å². The van der Waals surface area contributed by atoms with Gasteiger partial charge in [0, 0.05) is 36.6 Å². The van der Waals surface area contributed by atoms with Crippen LogP contribution in [0.1, 0.15) is 23.2 Å². The van der Waals surface area contributed by atoms with Crippen LogP contribution in [0.15, 0.2) is 67.1 Å². The van der Waals surface area contributed by atoms with Gasteiger partial charge in [-0.25, -0.2) is 14.4 Å². The summed E-state index contributed by atoms with van der Waals surface area (Å²) in [5.41, 5.74) is 3.32. The van der Waals surface area contributed by atoms with Crippen LogP contribution in [-0.2, 0) is 4.79 Å². The van der Waals surface area contributed by atoms with Crippen molar-refractivity contribution in [1.82, 2.24) is 14.4 Å². The van der Waals surface area contributed by atoms with Crippen LogP contribution < -0.4 is 10.2 Å². The highest BCUT2D eigenvalue weighted by Crippen LogP contribution is 2.30. The third-order valence-corrected chi connectivity index (χ3v) is 5.53. The number of anilines is 2. The van der Waals surface area contributed by atoms with Crippen LogP contribution >= 0.6 is 0 Å². The van der Waals surface area contributed by atoms with Gasteiger partial charge in [0.1, 0.15) is 17.3 Å². The molecule has 1 saturated carbocycles. The second kappa shape index (κ2) is 7.88. The number of nitrogens with one attached hydrogen (secondary N) is 1. The summed E-state index contributed by atoms with van der Waals surface area (Å²) in [7, 11) is 1.65. The van der Waals surface area contributed by atoms with E-state index in [2.05, 4.69) is 15.3 Å². The summed E-state index contributed by atoms with van der Waals surface area (Å²) < 4.78 is 15.0. The van der Waals surface area contributed by atoms with Gasteiger partial charge in [0.2, 0.25) is 5.91 Å². The lowest BCUT2D eigenvalue weighted by Gasteiger charge is -2.17. The Labute approximate surface area is 183 Å². The molecule has 1 fully saturated rings. The lowest BCUT2D eigenvalue weighted by atomic mass is 10.2. The lowest BCUT2D eigenvalue weighted by molar-refractivity contribution is -0.117. The fraction of sp³-hybridized carbons (Fsp3) is 0.167. The molecule has 160 valence electrons. The van der Waals surface area contributed by atoms with Crippen LogP contribution in [0.3, 0.4) is 0 Å². The molecular formula is C24H20FN5O2. The van der Waals surface area contributed by atoms with Gasteiger partial charge in [0.25, 0.3) is 5.91 Å². The largest absolute Gasteiger partial charge is 0.311 e. The van der Waals surface area contributed by atoms with Crippen molar-refractivity contribution in [2.45, 2.75) is 12.8 Å². The van der Waals surface area contributed by atoms with Gasteiger partial charge >= 0.3 is 0 Å². The average molecular weight is 429 g/mol. The second-order valence-electron chi connectivity index (χ2n) is 7.83. The van der Waals surface area contributed by atoms with Gasteiger partial charge in [-0.3, -0.25) is 14.0 Å². The average Bonchev–Trinajstić information content (AvgIpc) is 3.59. The number of imidazole rings is 1. The maximum atomic E-state index is 13.2. The van der Waals surface area contributed by atoms with Crippen molar-refractivity contribution < 1.29 is 14.0 Å². The Kier molecular flexibility index (Phi) is 4.89. The molecule has 0 saturated heterocycles. The summed E-state index contributed by atoms with van der Waals surface area (Å²) in [5.74, 6) is 0.0456. The monoisotopic (exact) mass is 429 g/mol. The van der Waals surface area contributed by atoms with Crippen LogP contribution in [0.2, 0.25) is 0 Å². The number of hydrogen-bond acceptors (Lipinski definition) is 4. The molecule has 7 nitrogen and oxygen atoms in total. The summed E-state index contributed by atoms with van der Waals surface area (Å²) in [6.45, 7) is 0. The molecule has 0 radical (unpaired) electrons. The topological polar surface area (TPSA) is 79.6 Å². The van der Waals surface area contributed by atoms with Gasteiger partial charge in [-0.1, -0.05) is 0 Å². The maximum absolute atomic E-state index is 13.2. The molecule has 1 aromatic carbocycles. The second-order valence-corrected chi connectivity index (χ2v) is 7.83. The fourth-order valence-corrected chi connectivity index (χ4v) is 3.49. The number of aromatic nitrogens is 3. The maximum Gasteiger partial charge on any atom is 0.259 e. The first-order valence-electron chi connectivity index (χ1n) is 10.3. The predicted octanol–water partition coefficient (Wildman–Crippen LogP) is 4.16. The van der Waals surface area contributed by atoms with Gasteiger partial charge in [-0.2, -0.15) is 0 Å². The van der Waals surface area contributed by atoms with E-state index in [-0.39, 0.29) is 23.5 Å². The number of hydrogen-bond donors (Lipinski definition) is 1. The zero-order valence-corrected chi connectivity index (χ0v) is 17.3. The Hall–Kier alpha value is -4.07. The fourth-order valence-electron chi connectivity index (χ4n) is 3.49. The standard InChI is InChI=1S/C24H20FN5O2/c1-29(19-8-6-18(25)7-9-19)24(32)17-5-11-22-27-13-20(30(22)14-17)16-4-10-21(26-12-16)28-23(31)15-2-3-15/h4-15H,2-3H2,1H3,(H,26,28,31). The number of fused-ring (bicyclic) bond motifs is 1. The van der Waals surface area contributed by atoms with E-state index >= 15 is 0 Å². The zero-order chi connectivity index (χ0) is 22.2. The van der Waals surface area contributed by atoms with E-state index in [0.717, 1.165) is 24.1 Å². The Balaban J connectivity index is 1.41. The van der Waals surface area contributed by atoms with Crippen molar-refractivity contribution in [1.29, 1.82) is 0 Å². The predicted molar refractivity (Wildman–Crippen MR) is 119 cm³/mol. The van der Waals surface area contributed by atoms with Gasteiger partial charge in [-0.05, 0) is 61.4 Å². The molecule has 2 amide bonds. The summed E-state index contributed by atoms with van der Waals surface area (Å²) >= 11 is 0. The number of carbonyl (C=O) groups is 2. The number of rotatable bonds is 5. The van der Waals surface area contributed by atoms with Crippen molar-refractivity contribution in [3.8, 4) is 11.3 Å². The van der Waals surface area contributed by atoms with Crippen LogP contribution in [-0.4, -0.2) is 33.2 Å². The van der Waals surface area contributed by atoms with Crippen LogP contribution in [0.25, 0.3) is 16.9 Å². The first-order chi connectivity index (χ1) is 15.5. The molecule has 5 rings (SSSR count). The van der Waals surface area contributed by atoms with E-state index in [9.17, 15) is 14.0 Å². The minimum Gasteiger partial charge on any atom is -0.311 e. The number of pyridine rings is 2. The summed E-state index contributed by atoms with van der Waals surface area (Å²) in [6, 6.07) is 12.9. The van der Waals surface area contributed by atoms with E-state index in [1.54, 1.807) is 56.0 Å². The SMILES string of the molecule is CN(C(=O)c1ccc2ncc(-c3ccc(NC(=O)C4CC4)nc3)n2c1)c1ccc(F)cc1. The van der Waals surface area contributed by atoms with Gasteiger partial charge in [0.15, 0.2) is 0 Å². The van der Waals surface area contributed by atoms with E-state index in [1.165, 1.54) is 17.0 Å². The molecule has 0 bridgehead atoms. The van der Waals surface area contributed by atoms with E-state index in [4.69, 9.17) is 0 Å². The third-order valence-electron chi connectivity index (χ3n) is 5.53. The number of nitrogens with zero attached hydrogens (tertiary/aromatic N) is 4. The molecule has 3 heterocycles. The molecule has 32 heavy (non-hydrogen) atoms. The Morgan fingerprint density at radius 3 is 2.50 bits per heavy atom. The molecule has 0 spiro atoms. The van der Waals surface area contributed by atoms with Crippen molar-refractivity contribution in [3.05, 3.63) is 78.5 Å². The van der Waals surface area contributed by atoms with Gasteiger partial charge < -0.3 is 10.2 Å². The molecule has 4 aromatic rings. The van der Waals surface area contributed by atoms with Gasteiger partial charge in [-0.15, -0.1) is 0 Å². The molecular weight excluding hydrogens is 409 g/mol. The van der Waals surface area contributed by atoms with E-state index in [0.29, 0.717) is 22.7 Å². The molecule has 0 atom stereocenters. The summed E-state index contributed by atoms with van der Waals surface area (Å²) in [4.78, 5) is 35.1. The van der Waals surface area contributed by atoms with Crippen molar-refractivity contribution in [2.24, 2.45) is 5.92 Å². The highest BCUT2D eigenvalue weighted by Gasteiger charge is 2.29. The smallest absolute Gasteiger partial charge is 0.259 e. The van der Waals surface area contributed by atoms with Crippen LogP contribution in [0.4, 0.5) is 15.9 Å². The number of carbonyl (C=O) groups excluding carboxylic acids is 2. The summed E-state index contributed by atoms with van der Waals surface area (Å²) in [5, 5.41) is 2.82. The molecule has 1 N–H and O–H groups in total. The van der Waals surface area contributed by atoms with Crippen LogP contribution in [0.5, 0.6) is 0 Å². The highest BCUT2D eigenvalue weighted by atomic mass is 19.1. The van der Waals surface area contributed by atoms with Gasteiger partial charge in [0.05, 0.1) is 17.5 Å². The Morgan fingerprint density at radius 1 is 1.03 bits per heavy atom. The number of benzene rings is 1. The number of halogens is 1. The number of amides is 2. The zero-order valence-electron chi connectivity index (χ0n) is 17.3. The quantitative estimate of drug-likeness (QED) is 0.517. The first-order valence-corrected chi connectivity index (χ1v) is 10.3. The van der Waals surface area contributed by atoms with Crippen molar-refractivity contribution in [2.75, 3.05) is 17.3 Å².